The molecule has 0 bridgehead atoms. The monoisotopic (exact) mass is 299 g/mol. The van der Waals surface area contributed by atoms with Crippen LogP contribution in [0.5, 0.6) is 0 Å². The van der Waals surface area contributed by atoms with E-state index in [9.17, 15) is 9.50 Å². The quantitative estimate of drug-likeness (QED) is 0.905. The summed E-state index contributed by atoms with van der Waals surface area (Å²) in [6.45, 7) is 2.21. The highest BCUT2D eigenvalue weighted by atomic mass is 35.5. The van der Waals surface area contributed by atoms with Crippen molar-refractivity contribution >= 4 is 22.9 Å². The Hall–Kier alpha value is -0.940. The lowest BCUT2D eigenvalue weighted by Gasteiger charge is -2.22. The van der Waals surface area contributed by atoms with Crippen molar-refractivity contribution < 1.29 is 9.50 Å². The average Bonchev–Trinajstić information content (AvgIpc) is 2.79. The number of aryl methyl sites for hydroxylation is 1. The van der Waals surface area contributed by atoms with Gasteiger partial charge in [0.15, 0.2) is 0 Å². The van der Waals surface area contributed by atoms with Crippen molar-refractivity contribution in [1.29, 1.82) is 0 Å². The molecule has 0 saturated heterocycles. The zero-order chi connectivity index (χ0) is 14.0. The lowest BCUT2D eigenvalue weighted by Crippen LogP contribution is -2.20. The van der Waals surface area contributed by atoms with E-state index in [0.29, 0.717) is 10.6 Å². The summed E-state index contributed by atoms with van der Waals surface area (Å²) in [6, 6.07) is 7.98. The molecule has 2 aromatic rings. The fourth-order valence-corrected chi connectivity index (χ4v) is 3.28. The first-order valence-corrected chi connectivity index (χ1v) is 7.11. The number of hydrogen-bond donors (Lipinski definition) is 2. The zero-order valence-electron chi connectivity index (χ0n) is 10.4. The Morgan fingerprint density at radius 2 is 2.11 bits per heavy atom. The summed E-state index contributed by atoms with van der Waals surface area (Å²) >= 11 is 7.56. The van der Waals surface area contributed by atoms with Crippen molar-refractivity contribution in [3.05, 3.63) is 56.5 Å². The van der Waals surface area contributed by atoms with Crippen molar-refractivity contribution in [3.8, 4) is 0 Å². The summed E-state index contributed by atoms with van der Waals surface area (Å²) in [7, 11) is 0. The van der Waals surface area contributed by atoms with Crippen LogP contribution in [-0.2, 0) is 0 Å². The standard InChI is InChI=1S/C14H15ClFNOS/c1-8-2-5-13(19-8)14(18)11(7-17)10-4-3-9(16)6-12(10)15/h2-6,11,14,18H,7,17H2,1H3. The number of rotatable bonds is 4. The largest absolute Gasteiger partial charge is 0.387 e. The number of nitrogens with two attached hydrogens (primary N) is 1. The first-order valence-electron chi connectivity index (χ1n) is 5.92. The maximum Gasteiger partial charge on any atom is 0.124 e. The lowest BCUT2D eigenvalue weighted by molar-refractivity contribution is 0.151. The van der Waals surface area contributed by atoms with Gasteiger partial charge in [-0.05, 0) is 36.8 Å². The molecule has 0 saturated carbocycles. The molecule has 0 radical (unpaired) electrons. The summed E-state index contributed by atoms with van der Waals surface area (Å²) in [4.78, 5) is 1.96. The third kappa shape index (κ3) is 3.15. The van der Waals surface area contributed by atoms with Gasteiger partial charge < -0.3 is 10.8 Å². The van der Waals surface area contributed by atoms with E-state index >= 15 is 0 Å². The van der Waals surface area contributed by atoms with Crippen LogP contribution < -0.4 is 5.73 Å². The van der Waals surface area contributed by atoms with Crippen LogP contribution in [0.2, 0.25) is 5.02 Å². The van der Waals surface area contributed by atoms with Gasteiger partial charge in [0.1, 0.15) is 5.82 Å². The van der Waals surface area contributed by atoms with Crippen LogP contribution >= 0.6 is 22.9 Å². The van der Waals surface area contributed by atoms with Gasteiger partial charge in [0.2, 0.25) is 0 Å². The highest BCUT2D eigenvalue weighted by molar-refractivity contribution is 7.12. The normalized spacial score (nSPS) is 14.4. The van der Waals surface area contributed by atoms with Gasteiger partial charge >= 0.3 is 0 Å². The van der Waals surface area contributed by atoms with Gasteiger partial charge in [0.05, 0.1) is 6.10 Å². The lowest BCUT2D eigenvalue weighted by atomic mass is 9.92. The second-order valence-corrected chi connectivity index (χ2v) is 6.13. The van der Waals surface area contributed by atoms with Crippen LogP contribution in [-0.4, -0.2) is 11.7 Å². The first-order chi connectivity index (χ1) is 9.02. The molecule has 0 fully saturated rings. The molecule has 1 aromatic heterocycles. The number of aliphatic hydroxyl groups is 1. The van der Waals surface area contributed by atoms with E-state index in [-0.39, 0.29) is 12.5 Å². The maximum atomic E-state index is 13.1. The Bertz CT molecular complexity index is 572. The predicted octanol–water partition coefficient (Wildman–Crippen LogP) is 3.62. The van der Waals surface area contributed by atoms with Crippen LogP contribution in [0.1, 0.15) is 27.3 Å². The molecule has 19 heavy (non-hydrogen) atoms. The van der Waals surface area contributed by atoms with Crippen molar-refractivity contribution in [1.82, 2.24) is 0 Å². The van der Waals surface area contributed by atoms with Crippen LogP contribution in [0.15, 0.2) is 30.3 Å². The average molecular weight is 300 g/mol. The fourth-order valence-electron chi connectivity index (χ4n) is 2.04. The number of halogens is 2. The molecular weight excluding hydrogens is 285 g/mol. The molecule has 1 heterocycles. The SMILES string of the molecule is Cc1ccc(C(O)C(CN)c2ccc(F)cc2Cl)s1. The second kappa shape index (κ2) is 6.01. The van der Waals surface area contributed by atoms with Gasteiger partial charge in [-0.25, -0.2) is 4.39 Å². The topological polar surface area (TPSA) is 46.2 Å². The zero-order valence-corrected chi connectivity index (χ0v) is 12.0. The van der Waals surface area contributed by atoms with Crippen LogP contribution in [0, 0.1) is 12.7 Å². The predicted molar refractivity (Wildman–Crippen MR) is 77.2 cm³/mol. The number of hydrogen-bond acceptors (Lipinski definition) is 3. The number of thiophene rings is 1. The molecule has 0 aliphatic rings. The van der Waals surface area contributed by atoms with Gasteiger partial charge in [-0.3, -0.25) is 0 Å². The Morgan fingerprint density at radius 3 is 2.63 bits per heavy atom. The Labute approximate surface area is 120 Å². The van der Waals surface area contributed by atoms with E-state index in [0.717, 1.165) is 9.75 Å². The highest BCUT2D eigenvalue weighted by Crippen LogP contribution is 2.36. The van der Waals surface area contributed by atoms with Crippen molar-refractivity contribution in [2.45, 2.75) is 18.9 Å². The molecule has 2 nitrogen and oxygen atoms in total. The molecule has 0 amide bonds. The van der Waals surface area contributed by atoms with Crippen LogP contribution in [0.4, 0.5) is 4.39 Å². The minimum absolute atomic E-state index is 0.240. The van der Waals surface area contributed by atoms with Crippen LogP contribution in [0.25, 0.3) is 0 Å². The third-order valence-electron chi connectivity index (χ3n) is 3.05. The third-order valence-corrected chi connectivity index (χ3v) is 4.45. The van der Waals surface area contributed by atoms with E-state index < -0.39 is 11.9 Å². The Kier molecular flexibility index (Phi) is 4.58. The van der Waals surface area contributed by atoms with Gasteiger partial charge in [-0.15, -0.1) is 11.3 Å². The van der Waals surface area contributed by atoms with E-state index in [1.165, 1.54) is 23.5 Å². The summed E-state index contributed by atoms with van der Waals surface area (Å²) in [5, 5.41) is 10.7. The van der Waals surface area contributed by atoms with Gasteiger partial charge in [-0.1, -0.05) is 17.7 Å². The van der Waals surface area contributed by atoms with Crippen molar-refractivity contribution in [2.75, 3.05) is 6.54 Å². The molecule has 0 aliphatic carbocycles. The summed E-state index contributed by atoms with van der Waals surface area (Å²) in [5.74, 6) is -0.739. The fraction of sp³-hybridized carbons (Fsp3) is 0.286. The number of benzene rings is 1. The molecule has 0 spiro atoms. The van der Waals surface area contributed by atoms with Crippen molar-refractivity contribution in [2.24, 2.45) is 5.73 Å². The summed E-state index contributed by atoms with van der Waals surface area (Å²) in [5.41, 5.74) is 6.42. The maximum absolute atomic E-state index is 13.1. The van der Waals surface area contributed by atoms with E-state index in [1.54, 1.807) is 6.07 Å². The summed E-state index contributed by atoms with van der Waals surface area (Å²) < 4.78 is 13.1. The molecule has 1 aromatic carbocycles. The minimum atomic E-state index is -0.730. The molecule has 2 unspecified atom stereocenters. The van der Waals surface area contributed by atoms with Gasteiger partial charge in [0, 0.05) is 27.2 Å². The molecule has 2 atom stereocenters. The summed E-state index contributed by atoms with van der Waals surface area (Å²) in [6.07, 6.45) is -0.730. The molecule has 0 aliphatic heterocycles. The molecule has 2 rings (SSSR count). The second-order valence-electron chi connectivity index (χ2n) is 4.40. The molecule has 3 N–H and O–H groups in total. The molecule has 5 heteroatoms. The molecule has 102 valence electrons. The van der Waals surface area contributed by atoms with Gasteiger partial charge in [0.25, 0.3) is 0 Å². The van der Waals surface area contributed by atoms with E-state index in [4.69, 9.17) is 17.3 Å². The van der Waals surface area contributed by atoms with E-state index in [2.05, 4.69) is 0 Å². The minimum Gasteiger partial charge on any atom is -0.387 e. The Balaban J connectivity index is 2.33. The Morgan fingerprint density at radius 1 is 1.37 bits per heavy atom. The van der Waals surface area contributed by atoms with Crippen LogP contribution in [0.3, 0.4) is 0 Å². The smallest absolute Gasteiger partial charge is 0.124 e. The van der Waals surface area contributed by atoms with Crippen molar-refractivity contribution in [3.63, 3.8) is 0 Å². The highest BCUT2D eigenvalue weighted by Gasteiger charge is 2.24. The van der Waals surface area contributed by atoms with E-state index in [1.807, 2.05) is 19.1 Å². The number of aliphatic hydroxyl groups excluding tert-OH is 1. The van der Waals surface area contributed by atoms with Gasteiger partial charge in [-0.2, -0.15) is 0 Å². The molecular formula is C14H15ClFNOS. The first kappa shape index (κ1) is 14.5.